The quantitative estimate of drug-likeness (QED) is 0.705. The Kier molecular flexibility index (Phi) is 4.07. The molecule has 0 amide bonds. The van der Waals surface area contributed by atoms with Gasteiger partial charge in [-0.1, -0.05) is 26.7 Å². The molecule has 1 nitrogen and oxygen atoms in total. The van der Waals surface area contributed by atoms with Crippen LogP contribution in [-0.4, -0.2) is 12.6 Å². The summed E-state index contributed by atoms with van der Waals surface area (Å²) in [5, 5.41) is 3.83. The van der Waals surface area contributed by atoms with Crippen molar-refractivity contribution in [3.63, 3.8) is 0 Å². The number of hydrogen-bond acceptors (Lipinski definition) is 1. The number of hydrogen-bond donors (Lipinski definition) is 1. The summed E-state index contributed by atoms with van der Waals surface area (Å²) in [5.41, 5.74) is 0. The fourth-order valence-electron chi connectivity index (χ4n) is 3.32. The van der Waals surface area contributed by atoms with E-state index in [1.54, 1.807) is 0 Å². The molecular weight excluding hydrogens is 182 g/mol. The van der Waals surface area contributed by atoms with Gasteiger partial charge in [-0.05, 0) is 56.4 Å². The first kappa shape index (κ1) is 11.4. The molecule has 0 heterocycles. The average molecular weight is 209 g/mol. The van der Waals surface area contributed by atoms with Gasteiger partial charge in [-0.25, -0.2) is 0 Å². The lowest BCUT2D eigenvalue weighted by Gasteiger charge is -2.30. The second-order valence-electron chi connectivity index (χ2n) is 5.72. The zero-order chi connectivity index (χ0) is 10.7. The van der Waals surface area contributed by atoms with Gasteiger partial charge in [-0.3, -0.25) is 0 Å². The molecule has 0 spiro atoms. The summed E-state index contributed by atoms with van der Waals surface area (Å²) < 4.78 is 0. The third-order valence-electron chi connectivity index (χ3n) is 4.47. The first-order chi connectivity index (χ1) is 7.33. The topological polar surface area (TPSA) is 12.0 Å². The maximum Gasteiger partial charge on any atom is 0.0124 e. The van der Waals surface area contributed by atoms with Crippen molar-refractivity contribution < 1.29 is 0 Å². The monoisotopic (exact) mass is 209 g/mol. The predicted molar refractivity (Wildman–Crippen MR) is 65.9 cm³/mol. The molecule has 2 saturated carbocycles. The van der Waals surface area contributed by atoms with Crippen molar-refractivity contribution in [3.8, 4) is 0 Å². The highest BCUT2D eigenvalue weighted by atomic mass is 14.9. The van der Waals surface area contributed by atoms with E-state index in [-0.39, 0.29) is 0 Å². The first-order valence-corrected chi connectivity index (χ1v) is 7.06. The van der Waals surface area contributed by atoms with Crippen molar-refractivity contribution in [2.24, 2.45) is 17.8 Å². The average Bonchev–Trinajstić information content (AvgIpc) is 2.97. The molecule has 2 atom stereocenters. The summed E-state index contributed by atoms with van der Waals surface area (Å²) in [4.78, 5) is 0. The van der Waals surface area contributed by atoms with Gasteiger partial charge in [-0.15, -0.1) is 0 Å². The third-order valence-corrected chi connectivity index (χ3v) is 4.47. The van der Waals surface area contributed by atoms with Gasteiger partial charge in [0.05, 0.1) is 0 Å². The minimum absolute atomic E-state index is 0.833. The van der Waals surface area contributed by atoms with Gasteiger partial charge in [0.25, 0.3) is 0 Å². The molecule has 2 unspecified atom stereocenters. The fourth-order valence-corrected chi connectivity index (χ4v) is 3.32. The van der Waals surface area contributed by atoms with Crippen molar-refractivity contribution in [2.75, 3.05) is 6.54 Å². The van der Waals surface area contributed by atoms with Crippen LogP contribution in [0.5, 0.6) is 0 Å². The van der Waals surface area contributed by atoms with E-state index in [0.717, 1.165) is 23.8 Å². The normalized spacial score (nSPS) is 26.8. The van der Waals surface area contributed by atoms with E-state index in [9.17, 15) is 0 Å². The van der Waals surface area contributed by atoms with E-state index in [0.29, 0.717) is 0 Å². The van der Waals surface area contributed by atoms with E-state index in [4.69, 9.17) is 0 Å². The lowest BCUT2D eigenvalue weighted by molar-refractivity contribution is 0.251. The van der Waals surface area contributed by atoms with Crippen LogP contribution in [0, 0.1) is 17.8 Å². The number of rotatable bonds is 6. The Morgan fingerprint density at radius 3 is 2.27 bits per heavy atom. The summed E-state index contributed by atoms with van der Waals surface area (Å²) in [5.74, 6) is 2.98. The molecule has 1 N–H and O–H groups in total. The van der Waals surface area contributed by atoms with Crippen molar-refractivity contribution >= 4 is 0 Å². The molecule has 0 radical (unpaired) electrons. The van der Waals surface area contributed by atoms with Crippen LogP contribution >= 0.6 is 0 Å². The second kappa shape index (κ2) is 5.34. The highest BCUT2D eigenvalue weighted by Gasteiger charge is 2.37. The summed E-state index contributed by atoms with van der Waals surface area (Å²) in [6.45, 7) is 5.99. The zero-order valence-corrected chi connectivity index (χ0v) is 10.5. The lowest BCUT2D eigenvalue weighted by Crippen LogP contribution is -2.41. The van der Waals surface area contributed by atoms with Crippen LogP contribution in [0.1, 0.15) is 58.8 Å². The summed E-state index contributed by atoms with van der Waals surface area (Å²) in [6, 6.07) is 0.833. The van der Waals surface area contributed by atoms with Crippen LogP contribution < -0.4 is 5.32 Å². The highest BCUT2D eigenvalue weighted by Crippen LogP contribution is 2.42. The van der Waals surface area contributed by atoms with Crippen LogP contribution in [0.2, 0.25) is 0 Å². The molecule has 1 heteroatoms. The SMILES string of the molecule is CCCNC(C1CCCC1)C(C)C1CC1. The van der Waals surface area contributed by atoms with Crippen molar-refractivity contribution in [1.29, 1.82) is 0 Å². The standard InChI is InChI=1S/C14H27N/c1-3-10-15-14(11(2)12-8-9-12)13-6-4-5-7-13/h11-15H,3-10H2,1-2H3. The van der Waals surface area contributed by atoms with Crippen molar-refractivity contribution in [1.82, 2.24) is 5.32 Å². The second-order valence-corrected chi connectivity index (χ2v) is 5.72. The molecule has 0 bridgehead atoms. The van der Waals surface area contributed by atoms with Gasteiger partial charge < -0.3 is 5.32 Å². The van der Waals surface area contributed by atoms with Gasteiger partial charge in [0.2, 0.25) is 0 Å². The van der Waals surface area contributed by atoms with Crippen LogP contribution in [0.4, 0.5) is 0 Å². The molecule has 2 rings (SSSR count). The van der Waals surface area contributed by atoms with Crippen LogP contribution in [0.25, 0.3) is 0 Å². The third kappa shape index (κ3) is 2.96. The molecule has 15 heavy (non-hydrogen) atoms. The Morgan fingerprint density at radius 1 is 1.07 bits per heavy atom. The summed E-state index contributed by atoms with van der Waals surface area (Å²) >= 11 is 0. The highest BCUT2D eigenvalue weighted by molar-refractivity contribution is 4.91. The zero-order valence-electron chi connectivity index (χ0n) is 10.5. The van der Waals surface area contributed by atoms with Crippen LogP contribution in [0.15, 0.2) is 0 Å². The smallest absolute Gasteiger partial charge is 0.0124 e. The molecule has 0 aromatic rings. The minimum Gasteiger partial charge on any atom is -0.313 e. The lowest BCUT2D eigenvalue weighted by atomic mass is 9.85. The van der Waals surface area contributed by atoms with Crippen LogP contribution in [0.3, 0.4) is 0 Å². The Labute approximate surface area is 95.0 Å². The first-order valence-electron chi connectivity index (χ1n) is 7.06. The van der Waals surface area contributed by atoms with E-state index in [1.165, 1.54) is 51.5 Å². The van der Waals surface area contributed by atoms with E-state index in [1.807, 2.05) is 0 Å². The summed E-state index contributed by atoms with van der Waals surface area (Å²) in [6.07, 6.45) is 10.2. The predicted octanol–water partition coefficient (Wildman–Crippen LogP) is 3.59. The van der Waals surface area contributed by atoms with Gasteiger partial charge in [0.15, 0.2) is 0 Å². The maximum atomic E-state index is 3.83. The molecule has 0 saturated heterocycles. The minimum atomic E-state index is 0.833. The van der Waals surface area contributed by atoms with Gasteiger partial charge >= 0.3 is 0 Å². The Bertz CT molecular complexity index is 178. The molecule has 0 aromatic carbocycles. The fraction of sp³-hybridized carbons (Fsp3) is 1.00. The summed E-state index contributed by atoms with van der Waals surface area (Å²) in [7, 11) is 0. The largest absolute Gasteiger partial charge is 0.313 e. The molecule has 0 aromatic heterocycles. The number of nitrogens with one attached hydrogen (secondary N) is 1. The van der Waals surface area contributed by atoms with Crippen LogP contribution in [-0.2, 0) is 0 Å². The van der Waals surface area contributed by atoms with Gasteiger partial charge in [0, 0.05) is 6.04 Å². The van der Waals surface area contributed by atoms with Gasteiger partial charge in [-0.2, -0.15) is 0 Å². The van der Waals surface area contributed by atoms with E-state index < -0.39 is 0 Å². The molecule has 88 valence electrons. The van der Waals surface area contributed by atoms with Gasteiger partial charge in [0.1, 0.15) is 0 Å². The Hall–Kier alpha value is -0.0400. The molecule has 0 aliphatic heterocycles. The molecule has 2 aliphatic rings. The molecule has 2 aliphatic carbocycles. The maximum absolute atomic E-state index is 3.83. The van der Waals surface area contributed by atoms with E-state index >= 15 is 0 Å². The molecular formula is C14H27N. The Balaban J connectivity index is 1.87. The van der Waals surface area contributed by atoms with E-state index in [2.05, 4.69) is 19.2 Å². The van der Waals surface area contributed by atoms with Crippen molar-refractivity contribution in [3.05, 3.63) is 0 Å². The Morgan fingerprint density at radius 2 is 1.73 bits per heavy atom. The van der Waals surface area contributed by atoms with Crippen molar-refractivity contribution in [2.45, 2.75) is 64.8 Å². The molecule has 2 fully saturated rings.